The molecule has 0 amide bonds. The van der Waals surface area contributed by atoms with Gasteiger partial charge in [0.2, 0.25) is 0 Å². The Labute approximate surface area is 132 Å². The molecule has 0 aliphatic heterocycles. The standard InChI is InChI=1S/C17H17N3O3/c18-13(17(21)11-5-2-1-3-6-11)9-12-10-19-14-7-4-8-15(16(12)14)20(22)23/h1-8,10,13,17,19,21H,9,18H2/t13-,17?/m0/s1. The van der Waals surface area contributed by atoms with E-state index in [4.69, 9.17) is 5.73 Å². The van der Waals surface area contributed by atoms with Crippen LogP contribution >= 0.6 is 0 Å². The van der Waals surface area contributed by atoms with Crippen molar-refractivity contribution < 1.29 is 10.0 Å². The molecule has 2 atom stereocenters. The van der Waals surface area contributed by atoms with Crippen LogP contribution in [-0.4, -0.2) is 21.1 Å². The van der Waals surface area contributed by atoms with Crippen LogP contribution in [0.15, 0.2) is 54.7 Å². The molecule has 0 fully saturated rings. The summed E-state index contributed by atoms with van der Waals surface area (Å²) in [5, 5.41) is 22.1. The van der Waals surface area contributed by atoms with E-state index in [9.17, 15) is 15.2 Å². The number of nitrogens with zero attached hydrogens (tertiary/aromatic N) is 1. The number of nitrogens with one attached hydrogen (secondary N) is 1. The summed E-state index contributed by atoms with van der Waals surface area (Å²) < 4.78 is 0. The average molecular weight is 311 g/mol. The minimum absolute atomic E-state index is 0.0418. The van der Waals surface area contributed by atoms with Crippen molar-refractivity contribution in [3.63, 3.8) is 0 Å². The fourth-order valence-electron chi connectivity index (χ4n) is 2.81. The first-order valence-electron chi connectivity index (χ1n) is 7.30. The predicted molar refractivity (Wildman–Crippen MR) is 88.0 cm³/mol. The summed E-state index contributed by atoms with van der Waals surface area (Å²) in [7, 11) is 0. The lowest BCUT2D eigenvalue weighted by molar-refractivity contribution is -0.383. The monoisotopic (exact) mass is 311 g/mol. The van der Waals surface area contributed by atoms with Gasteiger partial charge >= 0.3 is 0 Å². The van der Waals surface area contributed by atoms with Crippen LogP contribution in [-0.2, 0) is 6.42 Å². The summed E-state index contributed by atoms with van der Waals surface area (Å²) in [6.45, 7) is 0. The smallest absolute Gasteiger partial charge is 0.279 e. The molecule has 0 saturated carbocycles. The number of non-ortho nitro benzene ring substituents is 1. The van der Waals surface area contributed by atoms with Gasteiger partial charge in [0.1, 0.15) is 0 Å². The molecule has 6 heteroatoms. The molecule has 1 heterocycles. The highest BCUT2D eigenvalue weighted by atomic mass is 16.6. The van der Waals surface area contributed by atoms with Crippen molar-refractivity contribution in [2.45, 2.75) is 18.6 Å². The zero-order valence-corrected chi connectivity index (χ0v) is 12.3. The van der Waals surface area contributed by atoms with E-state index in [1.54, 1.807) is 18.3 Å². The number of nitrogens with two attached hydrogens (primary N) is 1. The highest BCUT2D eigenvalue weighted by Crippen LogP contribution is 2.30. The number of rotatable bonds is 5. The summed E-state index contributed by atoms with van der Waals surface area (Å²) >= 11 is 0. The van der Waals surface area contributed by atoms with Gasteiger partial charge in [0.15, 0.2) is 0 Å². The molecule has 4 N–H and O–H groups in total. The maximum Gasteiger partial charge on any atom is 0.279 e. The number of H-pyrrole nitrogens is 1. The third-order valence-corrected chi connectivity index (χ3v) is 3.96. The van der Waals surface area contributed by atoms with Crippen LogP contribution in [0.4, 0.5) is 5.69 Å². The number of hydrogen-bond donors (Lipinski definition) is 3. The first-order valence-corrected chi connectivity index (χ1v) is 7.30. The Bertz CT molecular complexity index is 829. The molecule has 0 bridgehead atoms. The fourth-order valence-corrected chi connectivity index (χ4v) is 2.81. The molecule has 0 aliphatic carbocycles. The van der Waals surface area contributed by atoms with Gasteiger partial charge in [-0.15, -0.1) is 0 Å². The quantitative estimate of drug-likeness (QED) is 0.497. The van der Waals surface area contributed by atoms with Crippen LogP contribution in [0.25, 0.3) is 10.9 Å². The Morgan fingerprint density at radius 1 is 1.17 bits per heavy atom. The van der Waals surface area contributed by atoms with E-state index >= 15 is 0 Å². The Hall–Kier alpha value is -2.70. The normalized spacial score (nSPS) is 13.8. The molecule has 0 spiro atoms. The topological polar surface area (TPSA) is 105 Å². The third-order valence-electron chi connectivity index (χ3n) is 3.96. The van der Waals surface area contributed by atoms with E-state index in [1.165, 1.54) is 6.07 Å². The molecule has 1 unspecified atom stereocenters. The van der Waals surface area contributed by atoms with E-state index in [-0.39, 0.29) is 5.69 Å². The lowest BCUT2D eigenvalue weighted by atomic mass is 9.96. The number of aliphatic hydroxyl groups is 1. The Morgan fingerprint density at radius 2 is 1.91 bits per heavy atom. The molecule has 2 aromatic carbocycles. The summed E-state index contributed by atoms with van der Waals surface area (Å²) in [4.78, 5) is 13.8. The lowest BCUT2D eigenvalue weighted by Crippen LogP contribution is -2.30. The first kappa shape index (κ1) is 15.2. The number of aromatic nitrogens is 1. The zero-order chi connectivity index (χ0) is 16.4. The minimum Gasteiger partial charge on any atom is -0.387 e. The Kier molecular flexibility index (Phi) is 4.10. The molecule has 118 valence electrons. The highest BCUT2D eigenvalue weighted by molar-refractivity contribution is 5.91. The number of nitro benzene ring substituents is 1. The van der Waals surface area contributed by atoms with E-state index in [0.29, 0.717) is 17.3 Å². The van der Waals surface area contributed by atoms with Gasteiger partial charge in [0.05, 0.1) is 21.9 Å². The molecule has 0 radical (unpaired) electrons. The minimum atomic E-state index is -0.830. The van der Waals surface area contributed by atoms with Crippen LogP contribution in [0.2, 0.25) is 0 Å². The largest absolute Gasteiger partial charge is 0.387 e. The van der Waals surface area contributed by atoms with Gasteiger partial charge in [-0.25, -0.2) is 0 Å². The SMILES string of the molecule is N[C@@H](Cc1c[nH]c2cccc([N+](=O)[O-])c12)C(O)c1ccccc1. The van der Waals surface area contributed by atoms with Gasteiger partial charge in [0.25, 0.3) is 5.69 Å². The number of aliphatic hydroxyl groups excluding tert-OH is 1. The number of benzene rings is 2. The van der Waals surface area contributed by atoms with Gasteiger partial charge in [-0.3, -0.25) is 10.1 Å². The summed E-state index contributed by atoms with van der Waals surface area (Å²) in [5.74, 6) is 0. The van der Waals surface area contributed by atoms with E-state index in [1.807, 2.05) is 30.3 Å². The molecule has 3 aromatic rings. The van der Waals surface area contributed by atoms with Crippen molar-refractivity contribution in [3.8, 4) is 0 Å². The van der Waals surface area contributed by atoms with Crippen molar-refractivity contribution in [1.82, 2.24) is 4.98 Å². The number of aromatic amines is 1. The molecular formula is C17H17N3O3. The van der Waals surface area contributed by atoms with Crippen molar-refractivity contribution in [1.29, 1.82) is 0 Å². The highest BCUT2D eigenvalue weighted by Gasteiger charge is 2.22. The maximum atomic E-state index is 11.2. The third kappa shape index (κ3) is 2.94. The molecule has 23 heavy (non-hydrogen) atoms. The van der Waals surface area contributed by atoms with Gasteiger partial charge in [-0.05, 0) is 23.6 Å². The molecular weight excluding hydrogens is 294 g/mol. The zero-order valence-electron chi connectivity index (χ0n) is 12.3. The van der Waals surface area contributed by atoms with Crippen LogP contribution in [0, 0.1) is 10.1 Å². The molecule has 0 aliphatic rings. The van der Waals surface area contributed by atoms with E-state index in [2.05, 4.69) is 4.98 Å². The van der Waals surface area contributed by atoms with Crippen molar-refractivity contribution in [2.24, 2.45) is 5.73 Å². The molecule has 3 rings (SSSR count). The molecule has 6 nitrogen and oxygen atoms in total. The van der Waals surface area contributed by atoms with E-state index in [0.717, 1.165) is 11.1 Å². The van der Waals surface area contributed by atoms with Gasteiger partial charge in [-0.2, -0.15) is 0 Å². The Morgan fingerprint density at radius 3 is 2.61 bits per heavy atom. The number of hydrogen-bond acceptors (Lipinski definition) is 4. The predicted octanol–water partition coefficient (Wildman–Crippen LogP) is 2.68. The summed E-state index contributed by atoms with van der Waals surface area (Å²) in [5.41, 5.74) is 8.32. The second kappa shape index (κ2) is 6.20. The van der Waals surface area contributed by atoms with Crippen molar-refractivity contribution in [2.75, 3.05) is 0 Å². The lowest BCUT2D eigenvalue weighted by Gasteiger charge is -2.18. The molecule has 0 saturated heterocycles. The fraction of sp³-hybridized carbons (Fsp3) is 0.176. The maximum absolute atomic E-state index is 11.2. The second-order valence-corrected chi connectivity index (χ2v) is 5.49. The summed E-state index contributed by atoms with van der Waals surface area (Å²) in [6, 6.07) is 13.5. The van der Waals surface area contributed by atoms with Gasteiger partial charge < -0.3 is 15.8 Å². The van der Waals surface area contributed by atoms with Crippen molar-refractivity contribution >= 4 is 16.6 Å². The second-order valence-electron chi connectivity index (χ2n) is 5.49. The molecule has 1 aromatic heterocycles. The van der Waals surface area contributed by atoms with Crippen molar-refractivity contribution in [3.05, 3.63) is 76.0 Å². The average Bonchev–Trinajstić information content (AvgIpc) is 2.98. The van der Waals surface area contributed by atoms with Gasteiger partial charge in [-0.1, -0.05) is 36.4 Å². The van der Waals surface area contributed by atoms with Crippen LogP contribution in [0.1, 0.15) is 17.2 Å². The van der Waals surface area contributed by atoms with Crippen LogP contribution in [0.3, 0.4) is 0 Å². The number of nitro groups is 1. The number of fused-ring (bicyclic) bond motifs is 1. The Balaban J connectivity index is 1.91. The van der Waals surface area contributed by atoms with E-state index < -0.39 is 17.1 Å². The van der Waals surface area contributed by atoms with Gasteiger partial charge in [0, 0.05) is 18.3 Å². The van der Waals surface area contributed by atoms with Crippen LogP contribution in [0.5, 0.6) is 0 Å². The summed E-state index contributed by atoms with van der Waals surface area (Å²) in [6.07, 6.45) is 1.22. The first-order chi connectivity index (χ1) is 11.1. The van der Waals surface area contributed by atoms with Crippen LogP contribution < -0.4 is 5.73 Å².